The molecule has 1 N–H and O–H groups in total. The van der Waals surface area contributed by atoms with Crippen LogP contribution in [-0.4, -0.2) is 43.3 Å². The van der Waals surface area contributed by atoms with E-state index < -0.39 is 0 Å². The van der Waals surface area contributed by atoms with Crippen molar-refractivity contribution in [2.45, 2.75) is 44.9 Å². The van der Waals surface area contributed by atoms with Crippen molar-refractivity contribution in [3.8, 4) is 5.75 Å². The molecule has 0 atom stereocenters. The Kier molecular flexibility index (Phi) is 6.67. The lowest BCUT2D eigenvalue weighted by molar-refractivity contribution is -0.129. The van der Waals surface area contributed by atoms with Gasteiger partial charge in [0.1, 0.15) is 11.5 Å². The fourth-order valence-corrected chi connectivity index (χ4v) is 4.24. The fraction of sp³-hybridized carbons (Fsp3) is 0.619. The predicted molar refractivity (Wildman–Crippen MR) is 102 cm³/mol. The highest BCUT2D eigenvalue weighted by Gasteiger charge is 2.31. The van der Waals surface area contributed by atoms with Crippen molar-refractivity contribution in [1.82, 2.24) is 4.90 Å². The van der Waals surface area contributed by atoms with Crippen molar-refractivity contribution in [2.75, 3.05) is 32.1 Å². The predicted octanol–water partition coefficient (Wildman–Crippen LogP) is 3.50. The number of ketones is 1. The molecule has 142 valence electrons. The first-order chi connectivity index (χ1) is 12.7. The summed E-state index contributed by atoms with van der Waals surface area (Å²) in [6.07, 6.45) is 7.63. The van der Waals surface area contributed by atoms with Crippen molar-refractivity contribution in [2.24, 2.45) is 11.8 Å². The van der Waals surface area contributed by atoms with Crippen molar-refractivity contribution in [3.05, 3.63) is 24.3 Å². The Morgan fingerprint density at radius 1 is 1.04 bits per heavy atom. The topological polar surface area (TPSA) is 58.6 Å². The number of carbonyl (C=O) groups is 2. The Bertz CT molecular complexity index is 617. The van der Waals surface area contributed by atoms with Gasteiger partial charge in [-0.3, -0.25) is 14.5 Å². The average molecular weight is 358 g/mol. The molecule has 1 aromatic carbocycles. The number of nitrogens with zero attached hydrogens (tertiary/aromatic N) is 1. The van der Waals surface area contributed by atoms with Crippen LogP contribution in [0.3, 0.4) is 0 Å². The van der Waals surface area contributed by atoms with Crippen LogP contribution in [0.1, 0.15) is 44.9 Å². The van der Waals surface area contributed by atoms with Crippen LogP contribution in [-0.2, 0) is 9.59 Å². The molecule has 0 unspecified atom stereocenters. The summed E-state index contributed by atoms with van der Waals surface area (Å²) in [7, 11) is 1.60. The Morgan fingerprint density at radius 3 is 2.38 bits per heavy atom. The Morgan fingerprint density at radius 2 is 1.69 bits per heavy atom. The number of ether oxygens (including phenoxy) is 1. The maximum Gasteiger partial charge on any atom is 0.238 e. The number of benzene rings is 1. The zero-order valence-corrected chi connectivity index (χ0v) is 15.7. The van der Waals surface area contributed by atoms with E-state index in [0.717, 1.165) is 38.8 Å². The quantitative estimate of drug-likeness (QED) is 0.846. The van der Waals surface area contributed by atoms with Crippen LogP contribution in [0.5, 0.6) is 5.75 Å². The molecular formula is C21H30N2O3. The summed E-state index contributed by atoms with van der Waals surface area (Å²) in [6, 6.07) is 7.42. The van der Waals surface area contributed by atoms with E-state index in [9.17, 15) is 9.59 Å². The van der Waals surface area contributed by atoms with Gasteiger partial charge in [-0.15, -0.1) is 0 Å². The maximum atomic E-state index is 12.7. The molecule has 0 bridgehead atoms. The number of anilines is 1. The minimum Gasteiger partial charge on any atom is -0.495 e. The third-order valence-electron chi connectivity index (χ3n) is 5.75. The van der Waals surface area contributed by atoms with E-state index in [1.165, 1.54) is 19.3 Å². The van der Waals surface area contributed by atoms with Gasteiger partial charge in [0, 0.05) is 11.8 Å². The van der Waals surface area contributed by atoms with Gasteiger partial charge >= 0.3 is 0 Å². The number of amides is 1. The largest absolute Gasteiger partial charge is 0.495 e. The van der Waals surface area contributed by atoms with Gasteiger partial charge in [0.25, 0.3) is 0 Å². The number of carbonyl (C=O) groups excluding carboxylic acids is 2. The van der Waals surface area contributed by atoms with E-state index in [0.29, 0.717) is 29.7 Å². The zero-order valence-electron chi connectivity index (χ0n) is 15.7. The standard InChI is InChI=1S/C21H30N2O3/c1-26-19-10-6-5-9-18(19)22-20(24)15-23-13-11-17(12-14-23)21(25)16-7-3-2-4-8-16/h5-6,9-10,16-17H,2-4,7-8,11-15H2,1H3,(H,22,24). The number of methoxy groups -OCH3 is 1. The Hall–Kier alpha value is -1.88. The number of rotatable bonds is 6. The lowest BCUT2D eigenvalue weighted by Crippen LogP contribution is -2.42. The number of nitrogens with one attached hydrogen (secondary N) is 1. The van der Waals surface area contributed by atoms with Gasteiger partial charge in [-0.05, 0) is 50.9 Å². The van der Waals surface area contributed by atoms with Gasteiger partial charge in [0.15, 0.2) is 0 Å². The molecule has 1 aliphatic carbocycles. The average Bonchev–Trinajstić information content (AvgIpc) is 2.69. The first-order valence-corrected chi connectivity index (χ1v) is 9.86. The van der Waals surface area contributed by atoms with Gasteiger partial charge in [-0.1, -0.05) is 31.4 Å². The molecule has 3 rings (SSSR count). The SMILES string of the molecule is COc1ccccc1NC(=O)CN1CCC(C(=O)C2CCCCC2)CC1. The van der Waals surface area contributed by atoms with Crippen molar-refractivity contribution < 1.29 is 14.3 Å². The molecule has 5 nitrogen and oxygen atoms in total. The molecule has 2 fully saturated rings. The van der Waals surface area contributed by atoms with Crippen molar-refractivity contribution in [3.63, 3.8) is 0 Å². The molecule has 2 aliphatic rings. The van der Waals surface area contributed by atoms with Crippen LogP contribution in [0.2, 0.25) is 0 Å². The second kappa shape index (κ2) is 9.17. The Balaban J connectivity index is 1.44. The highest BCUT2D eigenvalue weighted by Crippen LogP contribution is 2.30. The smallest absolute Gasteiger partial charge is 0.238 e. The molecule has 5 heteroatoms. The molecular weight excluding hydrogens is 328 g/mol. The summed E-state index contributed by atoms with van der Waals surface area (Å²) >= 11 is 0. The van der Waals surface area contributed by atoms with Crippen molar-refractivity contribution >= 4 is 17.4 Å². The van der Waals surface area contributed by atoms with Crippen molar-refractivity contribution in [1.29, 1.82) is 0 Å². The number of para-hydroxylation sites is 2. The molecule has 1 aromatic rings. The van der Waals surface area contributed by atoms with Crippen LogP contribution in [0.15, 0.2) is 24.3 Å². The maximum absolute atomic E-state index is 12.7. The van der Waals surface area contributed by atoms with E-state index in [4.69, 9.17) is 4.74 Å². The third kappa shape index (κ3) is 4.85. The summed E-state index contributed by atoms with van der Waals surface area (Å²) in [6.45, 7) is 2.01. The summed E-state index contributed by atoms with van der Waals surface area (Å²) < 4.78 is 5.27. The second-order valence-corrected chi connectivity index (χ2v) is 7.54. The molecule has 0 radical (unpaired) electrons. The van der Waals surface area contributed by atoms with Crippen LogP contribution >= 0.6 is 0 Å². The summed E-state index contributed by atoms with van der Waals surface area (Å²) in [5.41, 5.74) is 0.697. The zero-order chi connectivity index (χ0) is 18.4. The van der Waals surface area contributed by atoms with Crippen LogP contribution in [0.4, 0.5) is 5.69 Å². The number of piperidine rings is 1. The molecule has 1 saturated heterocycles. The van der Waals surface area contributed by atoms with E-state index >= 15 is 0 Å². The van der Waals surface area contributed by atoms with E-state index in [1.54, 1.807) is 7.11 Å². The first-order valence-electron chi connectivity index (χ1n) is 9.86. The lowest BCUT2D eigenvalue weighted by Gasteiger charge is -2.33. The summed E-state index contributed by atoms with van der Waals surface area (Å²) in [4.78, 5) is 27.2. The van der Waals surface area contributed by atoms with E-state index in [1.807, 2.05) is 24.3 Å². The lowest BCUT2D eigenvalue weighted by atomic mass is 9.79. The molecule has 0 aromatic heterocycles. The highest BCUT2D eigenvalue weighted by atomic mass is 16.5. The molecule has 1 amide bonds. The minimum absolute atomic E-state index is 0.0356. The monoisotopic (exact) mass is 358 g/mol. The minimum atomic E-state index is -0.0356. The molecule has 1 aliphatic heterocycles. The number of Topliss-reactive ketones (excluding diaryl/α,β-unsaturated/α-hetero) is 1. The molecule has 26 heavy (non-hydrogen) atoms. The van der Waals surface area contributed by atoms with Gasteiger partial charge in [-0.25, -0.2) is 0 Å². The highest BCUT2D eigenvalue weighted by molar-refractivity contribution is 5.93. The first kappa shape index (κ1) is 18.9. The van der Waals surface area contributed by atoms with Gasteiger partial charge in [-0.2, -0.15) is 0 Å². The fourth-order valence-electron chi connectivity index (χ4n) is 4.24. The number of hydrogen-bond donors (Lipinski definition) is 1. The van der Waals surface area contributed by atoms with Crippen LogP contribution < -0.4 is 10.1 Å². The second-order valence-electron chi connectivity index (χ2n) is 7.54. The van der Waals surface area contributed by atoms with Gasteiger partial charge < -0.3 is 10.1 Å². The van der Waals surface area contributed by atoms with Crippen LogP contribution in [0.25, 0.3) is 0 Å². The third-order valence-corrected chi connectivity index (χ3v) is 5.75. The number of likely N-dealkylation sites (tertiary alicyclic amines) is 1. The summed E-state index contributed by atoms with van der Waals surface area (Å²) in [5, 5.41) is 2.92. The van der Waals surface area contributed by atoms with Gasteiger partial charge in [0.05, 0.1) is 19.3 Å². The van der Waals surface area contributed by atoms with Gasteiger partial charge in [0.2, 0.25) is 5.91 Å². The normalized spacial score (nSPS) is 19.9. The number of hydrogen-bond acceptors (Lipinski definition) is 4. The molecule has 0 spiro atoms. The summed E-state index contributed by atoms with van der Waals surface area (Å²) in [5.74, 6) is 1.62. The Labute approximate surface area is 156 Å². The van der Waals surface area contributed by atoms with Crippen LogP contribution in [0, 0.1) is 11.8 Å². The molecule has 1 heterocycles. The van der Waals surface area contributed by atoms with E-state index in [2.05, 4.69) is 10.2 Å². The van der Waals surface area contributed by atoms with E-state index in [-0.39, 0.29) is 11.8 Å². The molecule has 1 saturated carbocycles.